The summed E-state index contributed by atoms with van der Waals surface area (Å²) in [5, 5.41) is 5.76. The zero-order valence-electron chi connectivity index (χ0n) is 15.4. The van der Waals surface area contributed by atoms with E-state index in [0.717, 1.165) is 5.56 Å². The van der Waals surface area contributed by atoms with Crippen molar-refractivity contribution in [3.8, 4) is 11.5 Å². The number of thiophene rings is 1. The summed E-state index contributed by atoms with van der Waals surface area (Å²) in [7, 11) is 0. The molecule has 0 aliphatic heterocycles. The standard InChI is InChI=1S/C22H18N2O4S/c1-2-13-27-18-11-7-17(8-12-18)21(25)24-23-15-16-5-9-19(10-6-16)28-22(26)20-4-3-14-29-20/h2-12,14-15H,1,13H2,(H,24,25). The van der Waals surface area contributed by atoms with Crippen molar-refractivity contribution in [3.05, 3.63) is 94.7 Å². The second kappa shape index (κ2) is 10.0. The zero-order valence-corrected chi connectivity index (χ0v) is 16.2. The van der Waals surface area contributed by atoms with Crippen LogP contribution in [-0.4, -0.2) is 24.7 Å². The fraction of sp³-hybridized carbons (Fsp3) is 0.0455. The average Bonchev–Trinajstić information content (AvgIpc) is 3.29. The Kier molecular flexibility index (Phi) is 6.91. The number of nitrogens with zero attached hydrogens (tertiary/aromatic N) is 1. The van der Waals surface area contributed by atoms with Gasteiger partial charge in [0.1, 0.15) is 23.0 Å². The van der Waals surface area contributed by atoms with Gasteiger partial charge in [0, 0.05) is 5.56 Å². The van der Waals surface area contributed by atoms with Crippen LogP contribution in [0.25, 0.3) is 0 Å². The molecule has 0 unspecified atom stereocenters. The fourth-order valence-corrected chi connectivity index (χ4v) is 2.86. The maximum Gasteiger partial charge on any atom is 0.353 e. The number of nitrogens with one attached hydrogen (secondary N) is 1. The van der Waals surface area contributed by atoms with Gasteiger partial charge >= 0.3 is 5.97 Å². The molecule has 7 heteroatoms. The molecule has 0 bridgehead atoms. The third kappa shape index (κ3) is 5.88. The van der Waals surface area contributed by atoms with E-state index in [0.29, 0.717) is 28.5 Å². The van der Waals surface area contributed by atoms with Gasteiger partial charge in [0.15, 0.2) is 0 Å². The number of hydrogen-bond donors (Lipinski definition) is 1. The molecule has 1 N–H and O–H groups in total. The van der Waals surface area contributed by atoms with Gasteiger partial charge in [-0.2, -0.15) is 5.10 Å². The van der Waals surface area contributed by atoms with Gasteiger partial charge in [-0.25, -0.2) is 10.2 Å². The van der Waals surface area contributed by atoms with Gasteiger partial charge in [-0.05, 0) is 65.5 Å². The normalized spacial score (nSPS) is 10.5. The van der Waals surface area contributed by atoms with E-state index in [1.165, 1.54) is 17.6 Å². The number of hydrazone groups is 1. The smallest absolute Gasteiger partial charge is 0.353 e. The zero-order chi connectivity index (χ0) is 20.5. The number of carbonyl (C=O) groups excluding carboxylic acids is 2. The number of rotatable bonds is 8. The maximum atomic E-state index is 12.1. The molecule has 29 heavy (non-hydrogen) atoms. The van der Waals surface area contributed by atoms with Crippen LogP contribution in [0.2, 0.25) is 0 Å². The second-order valence-corrected chi connectivity index (χ2v) is 6.71. The molecule has 1 heterocycles. The number of esters is 1. The van der Waals surface area contributed by atoms with Crippen molar-refractivity contribution in [2.24, 2.45) is 5.10 Å². The third-order valence-electron chi connectivity index (χ3n) is 3.68. The molecule has 1 amide bonds. The molecule has 0 aliphatic carbocycles. The maximum absolute atomic E-state index is 12.1. The highest BCUT2D eigenvalue weighted by Crippen LogP contribution is 2.16. The lowest BCUT2D eigenvalue weighted by atomic mass is 10.2. The van der Waals surface area contributed by atoms with Crippen molar-refractivity contribution < 1.29 is 19.1 Å². The average molecular weight is 406 g/mol. The molecule has 0 atom stereocenters. The lowest BCUT2D eigenvalue weighted by Gasteiger charge is -2.04. The van der Waals surface area contributed by atoms with E-state index in [1.54, 1.807) is 66.7 Å². The van der Waals surface area contributed by atoms with Crippen molar-refractivity contribution in [3.63, 3.8) is 0 Å². The number of benzene rings is 2. The summed E-state index contributed by atoms with van der Waals surface area (Å²) in [5.41, 5.74) is 3.67. The number of amides is 1. The number of hydrogen-bond acceptors (Lipinski definition) is 6. The van der Waals surface area contributed by atoms with Crippen LogP contribution >= 0.6 is 11.3 Å². The van der Waals surface area contributed by atoms with Crippen LogP contribution in [0.3, 0.4) is 0 Å². The second-order valence-electron chi connectivity index (χ2n) is 5.76. The van der Waals surface area contributed by atoms with Crippen molar-refractivity contribution in [2.75, 3.05) is 6.61 Å². The Labute approximate surface area is 172 Å². The highest BCUT2D eigenvalue weighted by molar-refractivity contribution is 7.12. The molecule has 1 aromatic heterocycles. The monoisotopic (exact) mass is 406 g/mol. The van der Waals surface area contributed by atoms with Crippen molar-refractivity contribution >= 4 is 29.4 Å². The van der Waals surface area contributed by atoms with Gasteiger partial charge in [0.05, 0.1) is 6.21 Å². The van der Waals surface area contributed by atoms with Crippen LogP contribution in [0.15, 0.2) is 83.8 Å². The molecule has 0 fully saturated rings. The largest absolute Gasteiger partial charge is 0.490 e. The first-order chi connectivity index (χ1) is 14.2. The first-order valence-corrected chi connectivity index (χ1v) is 9.56. The fourth-order valence-electron chi connectivity index (χ4n) is 2.26. The number of carbonyl (C=O) groups is 2. The SMILES string of the molecule is C=CCOc1ccc(C(=O)NN=Cc2ccc(OC(=O)c3cccs3)cc2)cc1. The molecule has 0 spiro atoms. The van der Waals surface area contributed by atoms with E-state index in [1.807, 2.05) is 5.38 Å². The van der Waals surface area contributed by atoms with Crippen molar-refractivity contribution in [1.29, 1.82) is 0 Å². The minimum absolute atomic E-state index is 0.335. The van der Waals surface area contributed by atoms with E-state index in [2.05, 4.69) is 17.1 Å². The van der Waals surface area contributed by atoms with Crippen molar-refractivity contribution in [2.45, 2.75) is 0 Å². The lowest BCUT2D eigenvalue weighted by molar-refractivity contribution is 0.0739. The summed E-state index contributed by atoms with van der Waals surface area (Å²) >= 11 is 1.32. The quantitative estimate of drug-likeness (QED) is 0.199. The Hall–Kier alpha value is -3.71. The summed E-state index contributed by atoms with van der Waals surface area (Å²) in [6.45, 7) is 3.99. The van der Waals surface area contributed by atoms with Crippen LogP contribution in [0, 0.1) is 0 Å². The highest BCUT2D eigenvalue weighted by Gasteiger charge is 2.09. The van der Waals surface area contributed by atoms with E-state index in [9.17, 15) is 9.59 Å². The predicted octanol–water partition coefficient (Wildman–Crippen LogP) is 4.30. The summed E-state index contributed by atoms with van der Waals surface area (Å²) in [5.74, 6) is 0.362. The molecule has 0 saturated carbocycles. The van der Waals surface area contributed by atoms with E-state index >= 15 is 0 Å². The molecule has 6 nitrogen and oxygen atoms in total. The predicted molar refractivity (Wildman–Crippen MR) is 113 cm³/mol. The van der Waals surface area contributed by atoms with Crippen LogP contribution in [-0.2, 0) is 0 Å². The van der Waals surface area contributed by atoms with E-state index in [-0.39, 0.29) is 5.91 Å². The Morgan fingerprint density at radius 1 is 1.03 bits per heavy atom. The Bertz CT molecular complexity index is 994. The van der Waals surface area contributed by atoms with Crippen molar-refractivity contribution in [1.82, 2.24) is 5.43 Å². The molecule has 3 aromatic rings. The molecule has 2 aromatic carbocycles. The molecular weight excluding hydrogens is 388 g/mol. The van der Waals surface area contributed by atoms with Crippen LogP contribution < -0.4 is 14.9 Å². The molecule has 146 valence electrons. The van der Waals surface area contributed by atoms with E-state index < -0.39 is 5.97 Å². The summed E-state index contributed by atoms with van der Waals surface area (Å²) in [6.07, 6.45) is 3.15. The summed E-state index contributed by atoms with van der Waals surface area (Å²) < 4.78 is 10.7. The molecule has 3 rings (SSSR count). The molecule has 0 saturated heterocycles. The van der Waals surface area contributed by atoms with Gasteiger partial charge < -0.3 is 9.47 Å². The first-order valence-electron chi connectivity index (χ1n) is 8.68. The first kappa shape index (κ1) is 20.0. The molecular formula is C22H18N2O4S. The number of ether oxygens (including phenoxy) is 2. The van der Waals surface area contributed by atoms with Gasteiger partial charge in [0.2, 0.25) is 0 Å². The Morgan fingerprint density at radius 3 is 2.41 bits per heavy atom. The van der Waals surface area contributed by atoms with Gasteiger partial charge in [0.25, 0.3) is 5.91 Å². The van der Waals surface area contributed by atoms with Gasteiger partial charge in [-0.3, -0.25) is 4.79 Å². The van der Waals surface area contributed by atoms with Crippen LogP contribution in [0.4, 0.5) is 0 Å². The Balaban J connectivity index is 1.51. The van der Waals surface area contributed by atoms with Gasteiger partial charge in [-0.15, -0.1) is 11.3 Å². The van der Waals surface area contributed by atoms with E-state index in [4.69, 9.17) is 9.47 Å². The van der Waals surface area contributed by atoms with Crippen LogP contribution in [0.1, 0.15) is 25.6 Å². The Morgan fingerprint density at radius 2 is 1.76 bits per heavy atom. The van der Waals surface area contributed by atoms with Gasteiger partial charge in [-0.1, -0.05) is 18.7 Å². The topological polar surface area (TPSA) is 77.0 Å². The molecule has 0 aliphatic rings. The molecule has 0 radical (unpaired) electrons. The van der Waals surface area contributed by atoms with Crippen LogP contribution in [0.5, 0.6) is 11.5 Å². The summed E-state index contributed by atoms with van der Waals surface area (Å²) in [4.78, 5) is 24.6. The highest BCUT2D eigenvalue weighted by atomic mass is 32.1. The summed E-state index contributed by atoms with van der Waals surface area (Å²) in [6, 6.07) is 17.0. The third-order valence-corrected chi connectivity index (χ3v) is 4.53. The minimum Gasteiger partial charge on any atom is -0.490 e. The minimum atomic E-state index is -0.394. The lowest BCUT2D eigenvalue weighted by Crippen LogP contribution is -2.17.